The van der Waals surface area contributed by atoms with E-state index in [4.69, 9.17) is 4.74 Å². The van der Waals surface area contributed by atoms with E-state index in [9.17, 15) is 0 Å². The molecule has 0 saturated heterocycles. The van der Waals surface area contributed by atoms with Crippen LogP contribution in [-0.2, 0) is 11.2 Å². The minimum Gasteiger partial charge on any atom is -0.379 e. The highest BCUT2D eigenvalue weighted by atomic mass is 31.2. The zero-order valence-electron chi connectivity index (χ0n) is 12.9. The SMILES string of the molecule is [BH3-][P+](C)(c1ccccc1)N(C)[C@H]1c2ccccc2C[C@H]1OC. The highest BCUT2D eigenvalue weighted by Gasteiger charge is 2.42. The van der Waals surface area contributed by atoms with Crippen LogP contribution in [0.4, 0.5) is 0 Å². The lowest BCUT2D eigenvalue weighted by Crippen LogP contribution is -2.35. The fourth-order valence-corrected chi connectivity index (χ4v) is 4.82. The molecule has 0 fully saturated rings. The first-order valence-corrected chi connectivity index (χ1v) is 9.08. The van der Waals surface area contributed by atoms with E-state index in [0.717, 1.165) is 6.42 Å². The minimum atomic E-state index is -1.14. The Balaban J connectivity index is 1.98. The molecule has 0 bridgehead atoms. The van der Waals surface area contributed by atoms with Gasteiger partial charge in [0.05, 0.1) is 17.5 Å². The molecule has 3 rings (SSSR count). The largest absolute Gasteiger partial charge is 0.379 e. The van der Waals surface area contributed by atoms with Crippen LogP contribution in [0.2, 0.25) is 0 Å². The first-order valence-electron chi connectivity index (χ1n) is 7.34. The number of likely N-dealkylation sites (N-methyl/N-ethyl adjacent to an activating group) is 1. The van der Waals surface area contributed by atoms with Gasteiger partial charge in [0.2, 0.25) is 0 Å². The van der Waals surface area contributed by atoms with Crippen LogP contribution in [0, 0.1) is 0 Å². The Bertz CT molecular complexity index is 647. The summed E-state index contributed by atoms with van der Waals surface area (Å²) in [5, 5.41) is 1.55. The third-order valence-corrected chi connectivity index (χ3v) is 6.70. The maximum absolute atomic E-state index is 5.86. The topological polar surface area (TPSA) is 12.5 Å². The van der Waals surface area contributed by atoms with Crippen LogP contribution in [0.3, 0.4) is 0 Å². The van der Waals surface area contributed by atoms with E-state index in [1.165, 1.54) is 11.1 Å². The molecule has 3 atom stereocenters. The highest BCUT2D eigenvalue weighted by molar-refractivity contribution is 8.00. The summed E-state index contributed by atoms with van der Waals surface area (Å²) in [4.78, 5) is 0. The highest BCUT2D eigenvalue weighted by Crippen LogP contribution is 2.57. The van der Waals surface area contributed by atoms with Crippen LogP contribution in [0.1, 0.15) is 17.2 Å². The summed E-state index contributed by atoms with van der Waals surface area (Å²) in [7, 11) is 3.24. The van der Waals surface area contributed by atoms with Gasteiger partial charge in [-0.25, -0.2) is 4.67 Å². The van der Waals surface area contributed by atoms with Crippen molar-refractivity contribution in [2.75, 3.05) is 20.8 Å². The first-order chi connectivity index (χ1) is 10.6. The second-order valence-corrected chi connectivity index (χ2v) is 7.75. The van der Waals surface area contributed by atoms with Crippen LogP contribution in [0.5, 0.6) is 0 Å². The first kappa shape index (κ1) is 15.7. The lowest BCUT2D eigenvalue weighted by molar-refractivity contribution is 0.0604. The van der Waals surface area contributed by atoms with E-state index in [2.05, 4.69) is 73.0 Å². The number of rotatable bonds is 4. The lowest BCUT2D eigenvalue weighted by atomic mass is 10.1. The van der Waals surface area contributed by atoms with Crippen molar-refractivity contribution in [3.63, 3.8) is 0 Å². The van der Waals surface area contributed by atoms with Gasteiger partial charge in [-0.3, -0.25) is 0 Å². The molecular formula is C18H25BNOP. The summed E-state index contributed by atoms with van der Waals surface area (Å²) >= 11 is 0. The van der Waals surface area contributed by atoms with Gasteiger partial charge in [0, 0.05) is 27.2 Å². The van der Waals surface area contributed by atoms with Gasteiger partial charge in [0.15, 0.2) is 7.57 Å². The Morgan fingerprint density at radius 2 is 1.73 bits per heavy atom. The lowest BCUT2D eigenvalue weighted by Gasteiger charge is -2.40. The van der Waals surface area contributed by atoms with Gasteiger partial charge in [-0.1, -0.05) is 49.8 Å². The van der Waals surface area contributed by atoms with E-state index < -0.39 is 7.29 Å². The van der Waals surface area contributed by atoms with Crippen LogP contribution in [0.15, 0.2) is 54.6 Å². The minimum absolute atomic E-state index is 0.190. The summed E-state index contributed by atoms with van der Waals surface area (Å²) in [6, 6.07) is 20.4. The Kier molecular flexibility index (Phi) is 4.41. The second kappa shape index (κ2) is 6.16. The average Bonchev–Trinajstić information content (AvgIpc) is 2.93. The number of hydrogen-bond acceptors (Lipinski definition) is 2. The molecule has 0 N–H and O–H groups in total. The van der Waals surface area contributed by atoms with Crippen molar-refractivity contribution in [1.82, 2.24) is 4.67 Å². The van der Waals surface area contributed by atoms with Crippen LogP contribution in [-0.4, -0.2) is 39.2 Å². The molecule has 116 valence electrons. The van der Waals surface area contributed by atoms with Crippen molar-refractivity contribution in [3.8, 4) is 0 Å². The molecule has 0 spiro atoms. The standard InChI is InChI=1S/C18H25BNOP/c1-20(22(3,19)15-10-5-4-6-11-15)18-16-12-8-7-9-14(16)13-17(18)21-2/h4-12,17-18H,13H2,1-3,19H3/t17-,18+,22?/m1/s1. The summed E-state index contributed by atoms with van der Waals surface area (Å²) in [6.07, 6.45) is 1.32. The third kappa shape index (κ3) is 2.62. The summed E-state index contributed by atoms with van der Waals surface area (Å²) in [5.41, 5.74) is 2.93. The molecule has 2 nitrogen and oxygen atoms in total. The number of nitrogens with zero attached hydrogens (tertiary/aromatic N) is 1. The maximum atomic E-state index is 5.86. The quantitative estimate of drug-likeness (QED) is 0.635. The van der Waals surface area contributed by atoms with Crippen LogP contribution in [0.25, 0.3) is 0 Å². The zero-order chi connectivity index (χ0) is 15.7. The van der Waals surface area contributed by atoms with Crippen molar-refractivity contribution >= 4 is 20.2 Å². The molecule has 4 heteroatoms. The van der Waals surface area contributed by atoms with Crippen molar-refractivity contribution < 1.29 is 4.74 Å². The van der Waals surface area contributed by atoms with E-state index in [0.29, 0.717) is 6.04 Å². The number of methoxy groups -OCH3 is 1. The molecule has 2 aromatic carbocycles. The van der Waals surface area contributed by atoms with Crippen molar-refractivity contribution in [2.45, 2.75) is 18.6 Å². The molecule has 0 aliphatic heterocycles. The Labute approximate surface area is 135 Å². The van der Waals surface area contributed by atoms with E-state index >= 15 is 0 Å². The molecule has 0 aromatic heterocycles. The fraction of sp³-hybridized carbons (Fsp3) is 0.333. The second-order valence-electron chi connectivity index (χ2n) is 5.55. The number of hydrogen-bond donors (Lipinski definition) is 0. The van der Waals surface area contributed by atoms with Crippen LogP contribution >= 0.6 is 7.29 Å². The van der Waals surface area contributed by atoms with Gasteiger partial charge in [-0.05, 0) is 23.3 Å². The maximum Gasteiger partial charge on any atom is 0.150 e. The molecule has 1 unspecified atom stereocenters. The van der Waals surface area contributed by atoms with Crippen molar-refractivity contribution in [3.05, 3.63) is 65.7 Å². The Morgan fingerprint density at radius 1 is 1.09 bits per heavy atom. The number of benzene rings is 2. The Hall–Kier alpha value is -1.15. The van der Waals surface area contributed by atoms with Crippen molar-refractivity contribution in [2.24, 2.45) is 0 Å². The van der Waals surface area contributed by atoms with E-state index in [-0.39, 0.29) is 13.7 Å². The number of fused-ring (bicyclic) bond motifs is 1. The van der Waals surface area contributed by atoms with Crippen LogP contribution < -0.4 is 5.30 Å². The normalized spacial score (nSPS) is 23.3. The van der Waals surface area contributed by atoms with Gasteiger partial charge in [0.25, 0.3) is 0 Å². The fourth-order valence-electron chi connectivity index (χ4n) is 3.20. The van der Waals surface area contributed by atoms with Crippen molar-refractivity contribution in [1.29, 1.82) is 0 Å². The average molecular weight is 313 g/mol. The van der Waals surface area contributed by atoms with E-state index in [1.54, 1.807) is 5.30 Å². The third-order valence-electron chi connectivity index (χ3n) is 4.46. The monoisotopic (exact) mass is 313 g/mol. The molecular weight excluding hydrogens is 288 g/mol. The molecule has 2 aromatic rings. The van der Waals surface area contributed by atoms with Gasteiger partial charge < -0.3 is 4.74 Å². The summed E-state index contributed by atoms with van der Waals surface area (Å²) in [5.74, 6) is 0. The predicted molar refractivity (Wildman–Crippen MR) is 100 cm³/mol. The summed E-state index contributed by atoms with van der Waals surface area (Å²) < 4.78 is 8.55. The van der Waals surface area contributed by atoms with E-state index in [1.807, 2.05) is 7.11 Å². The molecule has 0 heterocycles. The molecule has 0 radical (unpaired) electrons. The predicted octanol–water partition coefficient (Wildman–Crippen LogP) is 2.40. The molecule has 1 aliphatic rings. The van der Waals surface area contributed by atoms with Gasteiger partial charge in [-0.2, -0.15) is 0 Å². The smallest absolute Gasteiger partial charge is 0.150 e. The molecule has 22 heavy (non-hydrogen) atoms. The van der Waals surface area contributed by atoms with Gasteiger partial charge in [-0.15, -0.1) is 0 Å². The summed E-state index contributed by atoms with van der Waals surface area (Å²) in [6.45, 7) is 2.51. The molecule has 1 aliphatic carbocycles. The molecule has 0 saturated carbocycles. The van der Waals surface area contributed by atoms with Gasteiger partial charge >= 0.3 is 0 Å². The number of ether oxygens (including phenoxy) is 1. The molecule has 0 amide bonds. The Morgan fingerprint density at radius 3 is 2.41 bits per heavy atom. The van der Waals surface area contributed by atoms with Gasteiger partial charge in [0.1, 0.15) is 0 Å². The zero-order valence-corrected chi connectivity index (χ0v) is 13.8.